The van der Waals surface area contributed by atoms with Crippen molar-refractivity contribution in [1.82, 2.24) is 14.8 Å². The molecule has 0 bridgehead atoms. The van der Waals surface area contributed by atoms with Gasteiger partial charge in [0.05, 0.1) is 0 Å². The average Bonchev–Trinajstić information content (AvgIpc) is 3.56. The maximum absolute atomic E-state index is 13.4. The predicted molar refractivity (Wildman–Crippen MR) is 123 cm³/mol. The molecule has 0 aliphatic heterocycles. The molecule has 0 radical (unpaired) electrons. The zero-order valence-corrected chi connectivity index (χ0v) is 18.5. The summed E-state index contributed by atoms with van der Waals surface area (Å²) in [5.41, 5.74) is 3.10. The third-order valence-electron chi connectivity index (χ3n) is 6.04. The summed E-state index contributed by atoms with van der Waals surface area (Å²) in [5, 5.41) is 1.15. The average molecular weight is 436 g/mol. The lowest BCUT2D eigenvalue weighted by atomic mass is 10.1. The molecule has 5 nitrogen and oxygen atoms in total. The molecule has 1 saturated carbocycles. The highest BCUT2D eigenvalue weighted by Crippen LogP contribution is 2.28. The number of hydrogen-bond donors (Lipinski definition) is 1. The molecule has 2 aromatic carbocycles. The number of aromatic nitrogens is 1. The summed E-state index contributed by atoms with van der Waals surface area (Å²) in [4.78, 5) is 32.8. The normalized spacial score (nSPS) is 13.3. The maximum atomic E-state index is 13.4. The lowest BCUT2D eigenvalue weighted by Gasteiger charge is -2.28. The third-order valence-corrected chi connectivity index (χ3v) is 6.04. The monoisotopic (exact) mass is 435 g/mol. The van der Waals surface area contributed by atoms with E-state index in [0.717, 1.165) is 41.3 Å². The number of fused-ring (bicyclic) bond motifs is 1. The van der Waals surface area contributed by atoms with Crippen LogP contribution in [0.4, 0.5) is 4.39 Å². The second-order valence-electron chi connectivity index (χ2n) is 8.55. The van der Waals surface area contributed by atoms with Crippen molar-refractivity contribution >= 4 is 22.7 Å². The van der Waals surface area contributed by atoms with Crippen molar-refractivity contribution in [3.05, 3.63) is 71.7 Å². The summed E-state index contributed by atoms with van der Waals surface area (Å²) in [6.45, 7) is 3.01. The van der Waals surface area contributed by atoms with Crippen molar-refractivity contribution in [2.75, 3.05) is 13.1 Å². The largest absolute Gasteiger partial charge is 0.361 e. The quantitative estimate of drug-likeness (QED) is 0.503. The molecule has 1 heterocycles. The van der Waals surface area contributed by atoms with Gasteiger partial charge in [-0.05, 0) is 55.0 Å². The number of H-pyrrole nitrogens is 1. The van der Waals surface area contributed by atoms with Gasteiger partial charge in [-0.15, -0.1) is 0 Å². The molecular weight excluding hydrogens is 405 g/mol. The lowest BCUT2D eigenvalue weighted by molar-refractivity contribution is -0.141. The first kappa shape index (κ1) is 22.1. The first-order valence-corrected chi connectivity index (χ1v) is 11.4. The molecule has 2 amide bonds. The molecule has 1 fully saturated rings. The molecule has 1 aliphatic rings. The van der Waals surface area contributed by atoms with E-state index in [4.69, 9.17) is 0 Å². The van der Waals surface area contributed by atoms with Gasteiger partial charge in [-0.25, -0.2) is 4.39 Å². The molecule has 4 rings (SSSR count). The predicted octanol–water partition coefficient (Wildman–Crippen LogP) is 4.67. The molecular formula is C26H30FN3O2. The number of hydrogen-bond acceptors (Lipinski definition) is 2. The summed E-state index contributed by atoms with van der Waals surface area (Å²) in [6, 6.07) is 14.6. The molecule has 1 aliphatic carbocycles. The van der Waals surface area contributed by atoms with Crippen LogP contribution in [0.2, 0.25) is 0 Å². The van der Waals surface area contributed by atoms with Crippen LogP contribution in [0, 0.1) is 5.82 Å². The fourth-order valence-electron chi connectivity index (χ4n) is 4.11. The summed E-state index contributed by atoms with van der Waals surface area (Å²) in [6.07, 6.45) is 5.87. The van der Waals surface area contributed by atoms with E-state index < -0.39 is 0 Å². The second-order valence-corrected chi connectivity index (χ2v) is 8.55. The van der Waals surface area contributed by atoms with Gasteiger partial charge in [-0.3, -0.25) is 9.59 Å². The number of halogens is 1. The molecule has 1 aromatic heterocycles. The minimum absolute atomic E-state index is 0.0571. The Bertz CT molecular complexity index is 1070. The zero-order valence-electron chi connectivity index (χ0n) is 18.5. The van der Waals surface area contributed by atoms with Gasteiger partial charge in [0.1, 0.15) is 12.4 Å². The van der Waals surface area contributed by atoms with Crippen molar-refractivity contribution in [2.45, 2.75) is 51.6 Å². The van der Waals surface area contributed by atoms with Crippen LogP contribution in [0.25, 0.3) is 10.9 Å². The number of benzene rings is 2. The first-order chi connectivity index (χ1) is 15.5. The molecule has 168 valence electrons. The standard InChI is InChI=1S/C26H30FN3O2/c1-2-5-25(31)30(22-12-13-22)18-26(32)29(17-19-8-10-21(27)11-9-19)15-14-20-16-28-24-7-4-3-6-23(20)24/h3-4,6-11,16,22,28H,2,5,12-15,17-18H2,1H3. The van der Waals surface area contributed by atoms with Crippen LogP contribution in [0.15, 0.2) is 54.7 Å². The fourth-order valence-corrected chi connectivity index (χ4v) is 4.11. The topological polar surface area (TPSA) is 56.4 Å². The molecule has 0 saturated heterocycles. The summed E-state index contributed by atoms with van der Waals surface area (Å²) in [5.74, 6) is -0.303. The number of aromatic amines is 1. The number of nitrogens with zero attached hydrogens (tertiary/aromatic N) is 2. The van der Waals surface area contributed by atoms with E-state index >= 15 is 0 Å². The van der Waals surface area contributed by atoms with Gasteiger partial charge in [0.15, 0.2) is 0 Å². The minimum Gasteiger partial charge on any atom is -0.361 e. The number of rotatable bonds is 10. The van der Waals surface area contributed by atoms with Crippen LogP contribution < -0.4 is 0 Å². The zero-order chi connectivity index (χ0) is 22.5. The van der Waals surface area contributed by atoms with Crippen molar-refractivity contribution < 1.29 is 14.0 Å². The van der Waals surface area contributed by atoms with Crippen LogP contribution in [-0.2, 0) is 22.6 Å². The van der Waals surface area contributed by atoms with Gasteiger partial charge in [-0.2, -0.15) is 0 Å². The highest BCUT2D eigenvalue weighted by atomic mass is 19.1. The lowest BCUT2D eigenvalue weighted by Crippen LogP contribution is -2.44. The Morgan fingerprint density at radius 1 is 1.06 bits per heavy atom. The number of carbonyl (C=O) groups excluding carboxylic acids is 2. The summed E-state index contributed by atoms with van der Waals surface area (Å²) < 4.78 is 13.4. The molecule has 32 heavy (non-hydrogen) atoms. The highest BCUT2D eigenvalue weighted by molar-refractivity contribution is 5.86. The van der Waals surface area contributed by atoms with E-state index in [1.165, 1.54) is 12.1 Å². The Labute approximate surface area is 188 Å². The van der Waals surface area contributed by atoms with Crippen LogP contribution >= 0.6 is 0 Å². The SMILES string of the molecule is CCCC(=O)N(CC(=O)N(CCc1c[nH]c2ccccc12)Cc1ccc(F)cc1)C1CC1. The highest BCUT2D eigenvalue weighted by Gasteiger charge is 2.34. The van der Waals surface area contributed by atoms with Gasteiger partial charge in [0.25, 0.3) is 0 Å². The number of nitrogens with one attached hydrogen (secondary N) is 1. The van der Waals surface area contributed by atoms with Crippen LogP contribution in [0.1, 0.15) is 43.7 Å². The third kappa shape index (κ3) is 5.36. The van der Waals surface area contributed by atoms with Gasteiger partial charge >= 0.3 is 0 Å². The number of amides is 2. The van der Waals surface area contributed by atoms with Crippen LogP contribution in [-0.4, -0.2) is 45.7 Å². The second kappa shape index (κ2) is 9.98. The Morgan fingerprint density at radius 3 is 2.53 bits per heavy atom. The fraction of sp³-hybridized carbons (Fsp3) is 0.385. The van der Waals surface area contributed by atoms with Gasteiger partial charge in [-0.1, -0.05) is 37.3 Å². The van der Waals surface area contributed by atoms with E-state index in [2.05, 4.69) is 11.1 Å². The van der Waals surface area contributed by atoms with Crippen LogP contribution in [0.3, 0.4) is 0 Å². The van der Waals surface area contributed by atoms with E-state index in [-0.39, 0.29) is 30.2 Å². The van der Waals surface area contributed by atoms with Gasteiger partial charge in [0.2, 0.25) is 11.8 Å². The molecule has 3 aromatic rings. The van der Waals surface area contributed by atoms with Crippen molar-refractivity contribution in [2.24, 2.45) is 0 Å². The van der Waals surface area contributed by atoms with Crippen molar-refractivity contribution in [3.63, 3.8) is 0 Å². The van der Waals surface area contributed by atoms with E-state index in [0.29, 0.717) is 25.9 Å². The minimum atomic E-state index is -0.296. The number of para-hydroxylation sites is 1. The van der Waals surface area contributed by atoms with E-state index in [1.54, 1.807) is 21.9 Å². The van der Waals surface area contributed by atoms with E-state index in [1.807, 2.05) is 31.3 Å². The molecule has 6 heteroatoms. The Kier molecular flexibility index (Phi) is 6.88. The smallest absolute Gasteiger partial charge is 0.242 e. The van der Waals surface area contributed by atoms with E-state index in [9.17, 15) is 14.0 Å². The Balaban J connectivity index is 1.50. The summed E-state index contributed by atoms with van der Waals surface area (Å²) >= 11 is 0. The van der Waals surface area contributed by atoms with Gasteiger partial charge in [0, 0.05) is 42.7 Å². The van der Waals surface area contributed by atoms with Crippen molar-refractivity contribution in [1.29, 1.82) is 0 Å². The van der Waals surface area contributed by atoms with Gasteiger partial charge < -0.3 is 14.8 Å². The van der Waals surface area contributed by atoms with Crippen LogP contribution in [0.5, 0.6) is 0 Å². The Morgan fingerprint density at radius 2 is 1.81 bits per heavy atom. The number of carbonyl (C=O) groups is 2. The molecule has 0 atom stereocenters. The van der Waals surface area contributed by atoms with Crippen molar-refractivity contribution in [3.8, 4) is 0 Å². The summed E-state index contributed by atoms with van der Waals surface area (Å²) in [7, 11) is 0. The molecule has 0 unspecified atom stereocenters. The Hall–Kier alpha value is -3.15. The maximum Gasteiger partial charge on any atom is 0.242 e. The molecule has 1 N–H and O–H groups in total. The molecule has 0 spiro atoms. The first-order valence-electron chi connectivity index (χ1n) is 11.4.